The molecule has 7 heteroatoms. The number of ether oxygens (including phenoxy) is 2. The molecule has 1 aromatic carbocycles. The molecule has 1 aromatic heterocycles. The Balaban J connectivity index is 1.76. The molecule has 1 N–H and O–H groups in total. The second-order valence-electron chi connectivity index (χ2n) is 5.43. The van der Waals surface area contributed by atoms with E-state index in [-0.39, 0.29) is 11.9 Å². The minimum absolute atomic E-state index is 0.243. The summed E-state index contributed by atoms with van der Waals surface area (Å²) in [5, 5.41) is 2.84. The highest BCUT2D eigenvalue weighted by Gasteiger charge is 2.18. The van der Waals surface area contributed by atoms with Gasteiger partial charge in [-0.25, -0.2) is 4.98 Å². The molecule has 2 aromatic rings. The van der Waals surface area contributed by atoms with Crippen molar-refractivity contribution in [2.24, 2.45) is 0 Å². The average Bonchev–Trinajstić information content (AvgIpc) is 2.68. The van der Waals surface area contributed by atoms with Crippen molar-refractivity contribution in [3.8, 4) is 6.01 Å². The van der Waals surface area contributed by atoms with Gasteiger partial charge in [-0.1, -0.05) is 30.3 Å². The molecule has 1 saturated heterocycles. The van der Waals surface area contributed by atoms with Crippen LogP contribution in [0.25, 0.3) is 6.08 Å². The molecule has 0 radical (unpaired) electrons. The molecule has 0 atom stereocenters. The van der Waals surface area contributed by atoms with E-state index in [1.807, 2.05) is 35.2 Å². The Kier molecular flexibility index (Phi) is 5.58. The number of rotatable bonds is 5. The van der Waals surface area contributed by atoms with Crippen LogP contribution in [0.1, 0.15) is 5.56 Å². The van der Waals surface area contributed by atoms with Crippen LogP contribution in [-0.2, 0) is 9.53 Å². The molecule has 0 saturated carbocycles. The Labute approximate surface area is 146 Å². The highest BCUT2D eigenvalue weighted by Crippen LogP contribution is 2.25. The average molecular weight is 340 g/mol. The number of nitrogens with zero attached hydrogens (tertiary/aromatic N) is 3. The van der Waals surface area contributed by atoms with E-state index in [1.54, 1.807) is 12.3 Å². The molecule has 0 unspecified atom stereocenters. The summed E-state index contributed by atoms with van der Waals surface area (Å²) < 4.78 is 10.5. The summed E-state index contributed by atoms with van der Waals surface area (Å²) in [5.74, 6) is 0.392. The van der Waals surface area contributed by atoms with Gasteiger partial charge >= 0.3 is 6.01 Å². The fourth-order valence-electron chi connectivity index (χ4n) is 2.47. The normalized spacial score (nSPS) is 14.5. The van der Waals surface area contributed by atoms with E-state index in [0.717, 1.165) is 5.56 Å². The number of hydrogen-bond donors (Lipinski definition) is 1. The Bertz CT molecular complexity index is 743. The van der Waals surface area contributed by atoms with Crippen LogP contribution in [0.5, 0.6) is 6.01 Å². The first-order valence-electron chi connectivity index (χ1n) is 8.04. The van der Waals surface area contributed by atoms with E-state index in [1.165, 1.54) is 13.2 Å². The van der Waals surface area contributed by atoms with Gasteiger partial charge in [0.05, 0.1) is 26.5 Å². The fraction of sp³-hybridized carbons (Fsp3) is 0.278. The summed E-state index contributed by atoms with van der Waals surface area (Å²) >= 11 is 0. The molecule has 130 valence electrons. The second-order valence-corrected chi connectivity index (χ2v) is 5.43. The third kappa shape index (κ3) is 4.54. The second kappa shape index (κ2) is 8.25. The largest absolute Gasteiger partial charge is 0.467 e. The molecule has 3 rings (SSSR count). The van der Waals surface area contributed by atoms with Crippen molar-refractivity contribution < 1.29 is 14.3 Å². The van der Waals surface area contributed by atoms with E-state index in [2.05, 4.69) is 15.3 Å². The van der Waals surface area contributed by atoms with Gasteiger partial charge in [-0.3, -0.25) is 4.79 Å². The van der Waals surface area contributed by atoms with Gasteiger partial charge in [0.2, 0.25) is 5.91 Å². The first-order valence-corrected chi connectivity index (χ1v) is 8.04. The Hall–Kier alpha value is -2.93. The Morgan fingerprint density at radius 2 is 2.04 bits per heavy atom. The van der Waals surface area contributed by atoms with E-state index in [9.17, 15) is 4.79 Å². The van der Waals surface area contributed by atoms with Crippen molar-refractivity contribution in [2.45, 2.75) is 0 Å². The first-order chi connectivity index (χ1) is 12.3. The van der Waals surface area contributed by atoms with Crippen LogP contribution in [0.4, 0.5) is 11.5 Å². The minimum atomic E-state index is -0.243. The number of morpholine rings is 1. The Morgan fingerprint density at radius 1 is 1.28 bits per heavy atom. The number of carbonyl (C=O) groups is 1. The number of nitrogens with one attached hydrogen (secondary N) is 1. The molecular weight excluding hydrogens is 320 g/mol. The van der Waals surface area contributed by atoms with Gasteiger partial charge in [-0.05, 0) is 11.6 Å². The molecule has 0 bridgehead atoms. The van der Waals surface area contributed by atoms with Crippen LogP contribution >= 0.6 is 0 Å². The van der Waals surface area contributed by atoms with Crippen molar-refractivity contribution in [3.05, 3.63) is 48.2 Å². The molecule has 7 nitrogen and oxygen atoms in total. The number of hydrogen-bond acceptors (Lipinski definition) is 6. The first kappa shape index (κ1) is 16.9. The molecule has 1 amide bonds. The number of benzene rings is 1. The maximum absolute atomic E-state index is 12.2. The standard InChI is InChI=1S/C18H20N4O3/c1-24-18-19-13-15(17(21-18)22-9-11-25-12-10-22)20-16(23)8-7-14-5-3-2-4-6-14/h2-8,13H,9-12H2,1H3,(H,20,23)/b8-7+. The molecule has 2 heterocycles. The van der Waals surface area contributed by atoms with E-state index in [4.69, 9.17) is 9.47 Å². The zero-order valence-electron chi connectivity index (χ0n) is 14.0. The summed E-state index contributed by atoms with van der Waals surface area (Å²) in [7, 11) is 1.51. The minimum Gasteiger partial charge on any atom is -0.467 e. The quantitative estimate of drug-likeness (QED) is 0.839. The number of amides is 1. The lowest BCUT2D eigenvalue weighted by atomic mass is 10.2. The topological polar surface area (TPSA) is 76.6 Å². The number of carbonyl (C=O) groups excluding carboxylic acids is 1. The summed E-state index contributed by atoms with van der Waals surface area (Å²) in [6.07, 6.45) is 4.81. The predicted octanol–water partition coefficient (Wildman–Crippen LogP) is 1.97. The third-order valence-corrected chi connectivity index (χ3v) is 3.72. The van der Waals surface area contributed by atoms with Gasteiger partial charge in [0.15, 0.2) is 5.82 Å². The molecule has 1 aliphatic rings. The fourth-order valence-corrected chi connectivity index (χ4v) is 2.47. The van der Waals surface area contributed by atoms with Crippen LogP contribution in [-0.4, -0.2) is 49.3 Å². The number of methoxy groups -OCH3 is 1. The smallest absolute Gasteiger partial charge is 0.318 e. The monoisotopic (exact) mass is 340 g/mol. The van der Waals surface area contributed by atoms with Gasteiger partial charge in [-0.2, -0.15) is 4.98 Å². The highest BCUT2D eigenvalue weighted by molar-refractivity contribution is 6.03. The van der Waals surface area contributed by atoms with Gasteiger partial charge < -0.3 is 19.7 Å². The maximum atomic E-state index is 12.2. The van der Waals surface area contributed by atoms with Crippen LogP contribution in [0.2, 0.25) is 0 Å². The van der Waals surface area contributed by atoms with Crippen molar-refractivity contribution >= 4 is 23.5 Å². The lowest BCUT2D eigenvalue weighted by molar-refractivity contribution is -0.111. The van der Waals surface area contributed by atoms with Crippen LogP contribution < -0.4 is 15.0 Å². The number of anilines is 2. The molecule has 0 spiro atoms. The zero-order chi connectivity index (χ0) is 17.5. The molecule has 1 fully saturated rings. The van der Waals surface area contributed by atoms with Gasteiger partial charge in [0, 0.05) is 19.2 Å². The van der Waals surface area contributed by atoms with Crippen molar-refractivity contribution in [1.29, 1.82) is 0 Å². The molecule has 0 aliphatic carbocycles. The summed E-state index contributed by atoms with van der Waals surface area (Å²) in [6, 6.07) is 9.90. The van der Waals surface area contributed by atoms with Crippen LogP contribution in [0, 0.1) is 0 Å². The van der Waals surface area contributed by atoms with E-state index < -0.39 is 0 Å². The van der Waals surface area contributed by atoms with Crippen molar-refractivity contribution in [1.82, 2.24) is 9.97 Å². The lowest BCUT2D eigenvalue weighted by Gasteiger charge is -2.29. The molecular formula is C18H20N4O3. The molecule has 25 heavy (non-hydrogen) atoms. The third-order valence-electron chi connectivity index (χ3n) is 3.72. The lowest BCUT2D eigenvalue weighted by Crippen LogP contribution is -2.37. The van der Waals surface area contributed by atoms with Gasteiger partial charge in [-0.15, -0.1) is 0 Å². The predicted molar refractivity (Wildman–Crippen MR) is 95.7 cm³/mol. The van der Waals surface area contributed by atoms with E-state index in [0.29, 0.717) is 37.8 Å². The summed E-state index contributed by atoms with van der Waals surface area (Å²) in [6.45, 7) is 2.63. The highest BCUT2D eigenvalue weighted by atomic mass is 16.5. The van der Waals surface area contributed by atoms with Crippen molar-refractivity contribution in [3.63, 3.8) is 0 Å². The van der Waals surface area contributed by atoms with Gasteiger partial charge in [0.25, 0.3) is 0 Å². The van der Waals surface area contributed by atoms with Crippen LogP contribution in [0.3, 0.4) is 0 Å². The van der Waals surface area contributed by atoms with Crippen LogP contribution in [0.15, 0.2) is 42.6 Å². The van der Waals surface area contributed by atoms with Crippen molar-refractivity contribution in [2.75, 3.05) is 43.6 Å². The SMILES string of the molecule is COc1ncc(NC(=O)/C=C/c2ccccc2)c(N2CCOCC2)n1. The zero-order valence-corrected chi connectivity index (χ0v) is 14.0. The summed E-state index contributed by atoms with van der Waals surface area (Å²) in [4.78, 5) is 22.8. The maximum Gasteiger partial charge on any atom is 0.318 e. The molecule has 1 aliphatic heterocycles. The number of aromatic nitrogens is 2. The summed E-state index contributed by atoms with van der Waals surface area (Å²) in [5.41, 5.74) is 1.50. The van der Waals surface area contributed by atoms with Gasteiger partial charge in [0.1, 0.15) is 5.69 Å². The Morgan fingerprint density at radius 3 is 2.76 bits per heavy atom. The van der Waals surface area contributed by atoms with E-state index >= 15 is 0 Å².